The molecule has 122 valence electrons. The maximum atomic E-state index is 12.2. The zero-order chi connectivity index (χ0) is 16.2. The third kappa shape index (κ3) is 3.73. The van der Waals surface area contributed by atoms with Crippen LogP contribution in [0.2, 0.25) is 0 Å². The standard InChI is InChI=1S/C16H18N2O2S3/c1-20-15(19)13-11-6-2-3-7-12(11)23-14(13)18-16(21)17-9-10-5-4-8-22-10/h4-5,8H,2-3,6-7,9H2,1H3,(H2,17,18,21). The molecule has 1 aliphatic rings. The SMILES string of the molecule is COC(=O)c1c(NC(=S)NCc2cccs2)sc2c1CCCC2. The molecule has 3 rings (SSSR count). The number of carbonyl (C=O) groups is 1. The van der Waals surface area contributed by atoms with Gasteiger partial charge in [-0.1, -0.05) is 6.07 Å². The van der Waals surface area contributed by atoms with Crippen LogP contribution in [0.1, 0.15) is 38.5 Å². The number of anilines is 1. The lowest BCUT2D eigenvalue weighted by Gasteiger charge is -2.12. The third-order valence-corrected chi connectivity index (χ3v) is 6.12. The lowest BCUT2D eigenvalue weighted by Crippen LogP contribution is -2.28. The lowest BCUT2D eigenvalue weighted by atomic mass is 9.95. The first kappa shape index (κ1) is 16.4. The van der Waals surface area contributed by atoms with Gasteiger partial charge in [-0.25, -0.2) is 4.79 Å². The third-order valence-electron chi connectivity index (χ3n) is 3.79. The number of carbonyl (C=O) groups excluding carboxylic acids is 1. The van der Waals surface area contributed by atoms with Crippen molar-refractivity contribution < 1.29 is 9.53 Å². The highest BCUT2D eigenvalue weighted by Crippen LogP contribution is 2.38. The minimum absolute atomic E-state index is 0.284. The van der Waals surface area contributed by atoms with E-state index in [2.05, 4.69) is 16.7 Å². The second kappa shape index (κ2) is 7.42. The largest absolute Gasteiger partial charge is 0.465 e. The molecule has 0 saturated carbocycles. The molecule has 0 atom stereocenters. The Morgan fingerprint density at radius 2 is 2.22 bits per heavy atom. The maximum absolute atomic E-state index is 12.2. The minimum atomic E-state index is -0.284. The number of esters is 1. The van der Waals surface area contributed by atoms with Gasteiger partial charge in [0.05, 0.1) is 19.2 Å². The van der Waals surface area contributed by atoms with Crippen molar-refractivity contribution in [1.82, 2.24) is 5.32 Å². The predicted octanol–water partition coefficient (Wildman–Crippen LogP) is 3.96. The summed E-state index contributed by atoms with van der Waals surface area (Å²) < 4.78 is 4.97. The average molecular weight is 367 g/mol. The van der Waals surface area contributed by atoms with Gasteiger partial charge in [0.1, 0.15) is 5.00 Å². The fraction of sp³-hybridized carbons (Fsp3) is 0.375. The van der Waals surface area contributed by atoms with Gasteiger partial charge < -0.3 is 15.4 Å². The smallest absolute Gasteiger partial charge is 0.341 e. The van der Waals surface area contributed by atoms with Crippen LogP contribution in [0.15, 0.2) is 17.5 Å². The fourth-order valence-electron chi connectivity index (χ4n) is 2.70. The monoisotopic (exact) mass is 366 g/mol. The zero-order valence-electron chi connectivity index (χ0n) is 12.8. The van der Waals surface area contributed by atoms with Crippen LogP contribution in [0, 0.1) is 0 Å². The van der Waals surface area contributed by atoms with Gasteiger partial charge in [0.15, 0.2) is 5.11 Å². The van der Waals surface area contributed by atoms with Crippen molar-refractivity contribution in [2.24, 2.45) is 0 Å². The number of thiophene rings is 2. The van der Waals surface area contributed by atoms with Gasteiger partial charge in [0.2, 0.25) is 0 Å². The van der Waals surface area contributed by atoms with Crippen LogP contribution in [0.25, 0.3) is 0 Å². The van der Waals surface area contributed by atoms with Gasteiger partial charge in [-0.3, -0.25) is 0 Å². The number of fused-ring (bicyclic) bond motifs is 1. The van der Waals surface area contributed by atoms with Crippen molar-refractivity contribution >= 4 is 51.0 Å². The first-order valence-electron chi connectivity index (χ1n) is 7.49. The van der Waals surface area contributed by atoms with Crippen LogP contribution in [-0.4, -0.2) is 18.2 Å². The topological polar surface area (TPSA) is 50.4 Å². The second-order valence-electron chi connectivity index (χ2n) is 5.29. The molecule has 2 N–H and O–H groups in total. The van der Waals surface area contributed by atoms with Gasteiger partial charge in [0.25, 0.3) is 0 Å². The molecule has 0 spiro atoms. The highest BCUT2D eigenvalue weighted by Gasteiger charge is 2.26. The molecule has 0 aliphatic heterocycles. The maximum Gasteiger partial charge on any atom is 0.341 e. The quantitative estimate of drug-likeness (QED) is 0.634. The van der Waals surface area contributed by atoms with E-state index < -0.39 is 0 Å². The molecule has 4 nitrogen and oxygen atoms in total. The molecule has 7 heteroatoms. The van der Waals surface area contributed by atoms with E-state index in [1.807, 2.05) is 11.4 Å². The number of rotatable bonds is 4. The van der Waals surface area contributed by atoms with Gasteiger partial charge in [0, 0.05) is 9.75 Å². The van der Waals surface area contributed by atoms with Crippen molar-refractivity contribution in [3.8, 4) is 0 Å². The molecule has 2 heterocycles. The summed E-state index contributed by atoms with van der Waals surface area (Å²) in [7, 11) is 1.42. The van der Waals surface area contributed by atoms with Crippen LogP contribution < -0.4 is 10.6 Å². The van der Waals surface area contributed by atoms with E-state index in [0.29, 0.717) is 17.2 Å². The number of hydrogen-bond acceptors (Lipinski definition) is 5. The Balaban J connectivity index is 1.74. The van der Waals surface area contributed by atoms with Gasteiger partial charge in [-0.05, 0) is 54.9 Å². The summed E-state index contributed by atoms with van der Waals surface area (Å²) in [6.45, 7) is 0.683. The first-order chi connectivity index (χ1) is 11.2. The van der Waals surface area contributed by atoms with Crippen LogP contribution >= 0.6 is 34.9 Å². The number of nitrogens with one attached hydrogen (secondary N) is 2. The molecule has 23 heavy (non-hydrogen) atoms. The molecule has 0 unspecified atom stereocenters. The Hall–Kier alpha value is -1.44. The molecule has 0 aromatic carbocycles. The second-order valence-corrected chi connectivity index (χ2v) is 7.84. The van der Waals surface area contributed by atoms with Crippen molar-refractivity contribution in [3.63, 3.8) is 0 Å². The van der Waals surface area contributed by atoms with Crippen LogP contribution in [0.5, 0.6) is 0 Å². The van der Waals surface area contributed by atoms with E-state index in [9.17, 15) is 4.79 Å². The Morgan fingerprint density at radius 1 is 1.39 bits per heavy atom. The van der Waals surface area contributed by atoms with Crippen LogP contribution in [0.4, 0.5) is 5.00 Å². The molecule has 0 radical (unpaired) electrons. The molecule has 1 aliphatic carbocycles. The molecule has 0 amide bonds. The zero-order valence-corrected chi connectivity index (χ0v) is 15.3. The van der Waals surface area contributed by atoms with Gasteiger partial charge in [-0.15, -0.1) is 22.7 Å². The van der Waals surface area contributed by atoms with E-state index in [4.69, 9.17) is 17.0 Å². The molecular weight excluding hydrogens is 348 g/mol. The van der Waals surface area contributed by atoms with Crippen molar-refractivity contribution in [3.05, 3.63) is 38.4 Å². The number of thiocarbonyl (C=S) groups is 1. The summed E-state index contributed by atoms with van der Waals surface area (Å²) in [6.07, 6.45) is 4.26. The molecule has 2 aromatic rings. The Bertz CT molecular complexity index is 707. The van der Waals surface area contributed by atoms with Gasteiger partial charge in [-0.2, -0.15) is 0 Å². The van der Waals surface area contributed by atoms with E-state index in [1.165, 1.54) is 23.3 Å². The normalized spacial score (nSPS) is 13.3. The summed E-state index contributed by atoms with van der Waals surface area (Å²) in [5, 5.41) is 9.74. The number of aryl methyl sites for hydroxylation is 1. The number of ether oxygens (including phenoxy) is 1. The lowest BCUT2D eigenvalue weighted by molar-refractivity contribution is 0.0601. The molecule has 0 bridgehead atoms. The molecule has 2 aromatic heterocycles. The summed E-state index contributed by atoms with van der Waals surface area (Å²) in [5.41, 5.74) is 1.80. The Kier molecular flexibility index (Phi) is 5.30. The van der Waals surface area contributed by atoms with E-state index in [-0.39, 0.29) is 5.97 Å². The summed E-state index contributed by atoms with van der Waals surface area (Å²) in [6, 6.07) is 4.07. The van der Waals surface area contributed by atoms with E-state index in [0.717, 1.165) is 29.8 Å². The Labute approximate surface area is 148 Å². The molecule has 0 saturated heterocycles. The van der Waals surface area contributed by atoms with Crippen LogP contribution in [0.3, 0.4) is 0 Å². The van der Waals surface area contributed by atoms with E-state index in [1.54, 1.807) is 22.7 Å². The first-order valence-corrected chi connectivity index (χ1v) is 9.59. The molecule has 0 fully saturated rings. The number of methoxy groups -OCH3 is 1. The number of hydrogen-bond donors (Lipinski definition) is 2. The highest BCUT2D eigenvalue weighted by atomic mass is 32.1. The summed E-state index contributed by atoms with van der Waals surface area (Å²) in [5.74, 6) is -0.284. The molecular formula is C16H18N2O2S3. The van der Waals surface area contributed by atoms with Crippen molar-refractivity contribution in [2.75, 3.05) is 12.4 Å². The fourth-order valence-corrected chi connectivity index (χ4v) is 4.87. The summed E-state index contributed by atoms with van der Waals surface area (Å²) >= 11 is 8.67. The average Bonchev–Trinajstić information content (AvgIpc) is 3.19. The highest BCUT2D eigenvalue weighted by molar-refractivity contribution is 7.80. The van der Waals surface area contributed by atoms with Crippen molar-refractivity contribution in [2.45, 2.75) is 32.2 Å². The van der Waals surface area contributed by atoms with Crippen molar-refractivity contribution in [1.29, 1.82) is 0 Å². The summed E-state index contributed by atoms with van der Waals surface area (Å²) in [4.78, 5) is 14.7. The van der Waals surface area contributed by atoms with E-state index >= 15 is 0 Å². The Morgan fingerprint density at radius 3 is 2.96 bits per heavy atom. The minimum Gasteiger partial charge on any atom is -0.465 e. The predicted molar refractivity (Wildman–Crippen MR) is 99.7 cm³/mol. The van der Waals surface area contributed by atoms with Gasteiger partial charge >= 0.3 is 5.97 Å². The van der Waals surface area contributed by atoms with Crippen LogP contribution in [-0.2, 0) is 24.1 Å².